The first-order valence-corrected chi connectivity index (χ1v) is 11.8. The van der Waals surface area contributed by atoms with Crippen LogP contribution in [0.2, 0.25) is 0 Å². The van der Waals surface area contributed by atoms with Crippen molar-refractivity contribution < 1.29 is 4.79 Å². The van der Waals surface area contributed by atoms with Gasteiger partial charge in [0.05, 0.1) is 23.6 Å². The number of pyridine rings is 1. The standard InChI is InChI=1S/C26H26N10O/c1-15-10-30-36(14-15)26-28-12-20(13-29-26)18(4)32-25(37)23-6-5-19(11-27-23)24-31-16(2)7-21(33-24)9-22-8-17(3)34-35-22/h5-8,10-14,18H,9H2,1-4H3,(H,32,37)(H,34,35)/t18-/m0/s1. The van der Waals surface area contributed by atoms with Gasteiger partial charge < -0.3 is 5.32 Å². The minimum atomic E-state index is -0.310. The molecule has 2 N–H and O–H groups in total. The molecule has 0 saturated carbocycles. The third-order valence-corrected chi connectivity index (χ3v) is 5.71. The predicted octanol–water partition coefficient (Wildman–Crippen LogP) is 3.24. The first-order valence-electron chi connectivity index (χ1n) is 11.8. The molecule has 0 bridgehead atoms. The number of hydrogen-bond donors (Lipinski definition) is 2. The summed E-state index contributed by atoms with van der Waals surface area (Å²) in [6.07, 6.45) is 9.15. The minimum absolute atomic E-state index is 0.292. The van der Waals surface area contributed by atoms with Crippen LogP contribution in [0.1, 0.15) is 57.4 Å². The molecule has 1 amide bonds. The number of carbonyl (C=O) groups excluding carboxylic acids is 1. The second-order valence-electron chi connectivity index (χ2n) is 8.95. The van der Waals surface area contributed by atoms with Crippen LogP contribution >= 0.6 is 0 Å². The fourth-order valence-corrected chi connectivity index (χ4v) is 3.81. The van der Waals surface area contributed by atoms with Crippen LogP contribution in [0.5, 0.6) is 0 Å². The maximum atomic E-state index is 12.8. The third-order valence-electron chi connectivity index (χ3n) is 5.71. The van der Waals surface area contributed by atoms with Crippen LogP contribution < -0.4 is 5.32 Å². The fraction of sp³-hybridized carbons (Fsp3) is 0.231. The Labute approximate surface area is 213 Å². The van der Waals surface area contributed by atoms with Crippen LogP contribution in [0.3, 0.4) is 0 Å². The molecule has 11 heteroatoms. The zero-order valence-corrected chi connectivity index (χ0v) is 21.0. The molecule has 186 valence electrons. The maximum Gasteiger partial charge on any atom is 0.270 e. The zero-order chi connectivity index (χ0) is 25.9. The van der Waals surface area contributed by atoms with Crippen molar-refractivity contribution in [2.75, 3.05) is 0 Å². The van der Waals surface area contributed by atoms with E-state index in [1.807, 2.05) is 46.0 Å². The zero-order valence-electron chi connectivity index (χ0n) is 21.0. The van der Waals surface area contributed by atoms with E-state index in [9.17, 15) is 4.79 Å². The van der Waals surface area contributed by atoms with Crippen LogP contribution in [0.15, 0.2) is 55.2 Å². The van der Waals surface area contributed by atoms with Crippen molar-refractivity contribution >= 4 is 5.91 Å². The number of aryl methyl sites for hydroxylation is 3. The average molecular weight is 495 g/mol. The van der Waals surface area contributed by atoms with Gasteiger partial charge in [0.2, 0.25) is 5.95 Å². The smallest absolute Gasteiger partial charge is 0.270 e. The molecule has 5 aromatic heterocycles. The normalized spacial score (nSPS) is 11.9. The molecule has 0 unspecified atom stereocenters. The summed E-state index contributed by atoms with van der Waals surface area (Å²) in [5.41, 5.74) is 6.43. The van der Waals surface area contributed by atoms with E-state index in [-0.39, 0.29) is 11.9 Å². The van der Waals surface area contributed by atoms with Gasteiger partial charge in [-0.15, -0.1) is 0 Å². The minimum Gasteiger partial charge on any atom is -0.344 e. The van der Waals surface area contributed by atoms with Crippen molar-refractivity contribution in [1.82, 2.24) is 50.2 Å². The molecule has 0 aromatic carbocycles. The lowest BCUT2D eigenvalue weighted by molar-refractivity contribution is 0.0935. The molecular formula is C26H26N10O. The summed E-state index contributed by atoms with van der Waals surface area (Å²) >= 11 is 0. The second-order valence-corrected chi connectivity index (χ2v) is 8.95. The molecule has 0 radical (unpaired) electrons. The number of carbonyl (C=O) groups is 1. The van der Waals surface area contributed by atoms with E-state index in [0.717, 1.165) is 39.5 Å². The molecule has 5 rings (SSSR count). The third kappa shape index (κ3) is 5.56. The van der Waals surface area contributed by atoms with Crippen molar-refractivity contribution in [2.45, 2.75) is 40.2 Å². The van der Waals surface area contributed by atoms with Gasteiger partial charge in [-0.1, -0.05) is 0 Å². The van der Waals surface area contributed by atoms with Crippen molar-refractivity contribution in [3.8, 4) is 17.3 Å². The molecule has 5 aromatic rings. The summed E-state index contributed by atoms with van der Waals surface area (Å²) in [6, 6.07) is 7.09. The number of amides is 1. The largest absolute Gasteiger partial charge is 0.344 e. The van der Waals surface area contributed by atoms with Gasteiger partial charge in [-0.3, -0.25) is 14.9 Å². The number of aromatic nitrogens is 9. The van der Waals surface area contributed by atoms with E-state index >= 15 is 0 Å². The monoisotopic (exact) mass is 494 g/mol. The van der Waals surface area contributed by atoms with Gasteiger partial charge in [-0.05, 0) is 57.5 Å². The molecule has 1 atom stereocenters. The lowest BCUT2D eigenvalue weighted by atomic mass is 10.1. The summed E-state index contributed by atoms with van der Waals surface area (Å²) in [5.74, 6) is 0.721. The highest BCUT2D eigenvalue weighted by Gasteiger charge is 2.15. The van der Waals surface area contributed by atoms with Gasteiger partial charge in [0.1, 0.15) is 5.69 Å². The molecule has 0 aliphatic rings. The molecule has 0 spiro atoms. The lowest BCUT2D eigenvalue weighted by Crippen LogP contribution is -2.27. The average Bonchev–Trinajstić information content (AvgIpc) is 3.51. The van der Waals surface area contributed by atoms with Gasteiger partial charge in [-0.25, -0.2) is 24.6 Å². The topological polar surface area (TPSA) is 140 Å². The molecule has 11 nitrogen and oxygen atoms in total. The van der Waals surface area contributed by atoms with Crippen LogP contribution in [0.25, 0.3) is 17.3 Å². The van der Waals surface area contributed by atoms with Crippen LogP contribution in [0.4, 0.5) is 0 Å². The first kappa shape index (κ1) is 23.9. The highest BCUT2D eigenvalue weighted by Crippen LogP contribution is 2.18. The van der Waals surface area contributed by atoms with Gasteiger partial charge in [0, 0.05) is 53.7 Å². The Morgan fingerprint density at radius 2 is 1.81 bits per heavy atom. The number of rotatable bonds is 7. The SMILES string of the molecule is Cc1cnn(-c2ncc([C@H](C)NC(=O)c3ccc(-c4nc(C)cc(Cc5cc(C)[nH]n5)n4)cn3)cn2)c1. The summed E-state index contributed by atoms with van der Waals surface area (Å²) in [5, 5.41) is 14.4. The molecular weight excluding hydrogens is 468 g/mol. The summed E-state index contributed by atoms with van der Waals surface area (Å²) in [7, 11) is 0. The highest BCUT2D eigenvalue weighted by molar-refractivity contribution is 5.92. The van der Waals surface area contributed by atoms with Crippen LogP contribution in [0, 0.1) is 20.8 Å². The van der Waals surface area contributed by atoms with E-state index < -0.39 is 0 Å². The molecule has 0 saturated heterocycles. The molecule has 0 aliphatic carbocycles. The Morgan fingerprint density at radius 1 is 1.00 bits per heavy atom. The van der Waals surface area contributed by atoms with Crippen LogP contribution in [-0.2, 0) is 6.42 Å². The molecule has 37 heavy (non-hydrogen) atoms. The summed E-state index contributed by atoms with van der Waals surface area (Å²) in [4.78, 5) is 35.1. The lowest BCUT2D eigenvalue weighted by Gasteiger charge is -2.14. The Kier molecular flexibility index (Phi) is 6.50. The predicted molar refractivity (Wildman–Crippen MR) is 136 cm³/mol. The van der Waals surface area contributed by atoms with Crippen molar-refractivity contribution in [1.29, 1.82) is 0 Å². The van der Waals surface area contributed by atoms with Crippen LogP contribution in [-0.4, -0.2) is 50.8 Å². The Bertz CT molecular complexity index is 1540. The highest BCUT2D eigenvalue weighted by atomic mass is 16.1. The number of nitrogens with zero attached hydrogens (tertiary/aromatic N) is 8. The van der Waals surface area contributed by atoms with Crippen molar-refractivity contribution in [3.63, 3.8) is 0 Å². The molecule has 0 fully saturated rings. The van der Waals surface area contributed by atoms with Gasteiger partial charge in [-0.2, -0.15) is 10.2 Å². The van der Waals surface area contributed by atoms with E-state index in [2.05, 4.69) is 45.5 Å². The Balaban J connectivity index is 1.25. The maximum absolute atomic E-state index is 12.8. The quantitative estimate of drug-likeness (QED) is 0.351. The number of hydrogen-bond acceptors (Lipinski definition) is 8. The van der Waals surface area contributed by atoms with Crippen molar-refractivity contribution in [3.05, 3.63) is 94.8 Å². The molecule has 0 aliphatic heterocycles. The van der Waals surface area contributed by atoms with Gasteiger partial charge in [0.15, 0.2) is 5.82 Å². The van der Waals surface area contributed by atoms with E-state index in [1.165, 1.54) is 0 Å². The van der Waals surface area contributed by atoms with E-state index in [1.54, 1.807) is 41.6 Å². The van der Waals surface area contributed by atoms with Gasteiger partial charge in [0.25, 0.3) is 5.91 Å². The summed E-state index contributed by atoms with van der Waals surface area (Å²) < 4.78 is 1.60. The van der Waals surface area contributed by atoms with Gasteiger partial charge >= 0.3 is 0 Å². The summed E-state index contributed by atoms with van der Waals surface area (Å²) in [6.45, 7) is 7.70. The Morgan fingerprint density at radius 3 is 2.46 bits per heavy atom. The second kappa shape index (κ2) is 10.1. The van der Waals surface area contributed by atoms with E-state index in [4.69, 9.17) is 0 Å². The fourth-order valence-electron chi connectivity index (χ4n) is 3.81. The first-order chi connectivity index (χ1) is 17.8. The molecule has 5 heterocycles. The number of nitrogens with one attached hydrogen (secondary N) is 2. The number of H-pyrrole nitrogens is 1. The number of aromatic amines is 1. The van der Waals surface area contributed by atoms with E-state index in [0.29, 0.717) is 23.9 Å². The Hall–Kier alpha value is -4.80. The van der Waals surface area contributed by atoms with Crippen molar-refractivity contribution in [2.24, 2.45) is 0 Å².